The van der Waals surface area contributed by atoms with E-state index >= 15 is 0 Å². The summed E-state index contributed by atoms with van der Waals surface area (Å²) in [7, 11) is 4.70. The van der Waals surface area contributed by atoms with Crippen LogP contribution in [0.5, 0.6) is 17.2 Å². The summed E-state index contributed by atoms with van der Waals surface area (Å²) < 4.78 is 16.1. The third-order valence-electron chi connectivity index (χ3n) is 6.09. The molecule has 1 amide bonds. The minimum absolute atomic E-state index is 0.0288. The van der Waals surface area contributed by atoms with Crippen LogP contribution in [0, 0.1) is 0 Å². The number of piperazine rings is 1. The molecule has 0 atom stereocenters. The van der Waals surface area contributed by atoms with Gasteiger partial charge in [0.25, 0.3) is 0 Å². The molecule has 4 rings (SSSR count). The average Bonchev–Trinajstić information content (AvgIpc) is 3.42. The predicted octanol–water partition coefficient (Wildman–Crippen LogP) is 2.46. The van der Waals surface area contributed by atoms with Gasteiger partial charge in [0.15, 0.2) is 23.1 Å². The molecule has 0 N–H and O–H groups in total. The van der Waals surface area contributed by atoms with Gasteiger partial charge in [-0.25, -0.2) is 0 Å². The van der Waals surface area contributed by atoms with Crippen molar-refractivity contribution in [1.82, 2.24) is 15.1 Å². The Morgan fingerprint density at radius 1 is 0.818 bits per heavy atom. The lowest BCUT2D eigenvalue weighted by molar-refractivity contribution is -0.126. The molecule has 0 radical (unpaired) electrons. The van der Waals surface area contributed by atoms with E-state index in [0.717, 1.165) is 43.4 Å². The summed E-state index contributed by atoms with van der Waals surface area (Å²) in [6, 6.07) is 7.70. The number of rotatable bonds is 7. The van der Waals surface area contributed by atoms with Gasteiger partial charge in [-0.1, -0.05) is 0 Å². The number of anilines is 2. The van der Waals surface area contributed by atoms with Crippen LogP contribution in [0.15, 0.2) is 30.3 Å². The van der Waals surface area contributed by atoms with E-state index in [4.69, 9.17) is 14.2 Å². The van der Waals surface area contributed by atoms with Gasteiger partial charge in [-0.15, -0.1) is 10.2 Å². The van der Waals surface area contributed by atoms with Crippen molar-refractivity contribution in [2.75, 3.05) is 70.4 Å². The quantitative estimate of drug-likeness (QED) is 0.592. The van der Waals surface area contributed by atoms with Crippen LogP contribution < -0.4 is 24.0 Å². The molecule has 0 spiro atoms. The highest BCUT2D eigenvalue weighted by Gasteiger charge is 2.22. The first-order valence-electron chi connectivity index (χ1n) is 11.2. The molecule has 2 saturated heterocycles. The first kappa shape index (κ1) is 22.7. The Morgan fingerprint density at radius 3 is 1.85 bits per heavy atom. The number of methoxy groups -OCH3 is 3. The first-order chi connectivity index (χ1) is 16.1. The Bertz CT molecular complexity index is 956. The summed E-state index contributed by atoms with van der Waals surface area (Å²) in [6.07, 6.45) is 5.78. The molecule has 3 heterocycles. The number of hydrogen-bond acceptors (Lipinski definition) is 8. The van der Waals surface area contributed by atoms with Gasteiger partial charge in [-0.2, -0.15) is 0 Å². The van der Waals surface area contributed by atoms with Gasteiger partial charge in [-0.05, 0) is 48.7 Å². The Kier molecular flexibility index (Phi) is 7.16. The lowest BCUT2D eigenvalue weighted by Gasteiger charge is -2.34. The van der Waals surface area contributed by atoms with Crippen LogP contribution in [-0.2, 0) is 4.79 Å². The van der Waals surface area contributed by atoms with Crippen molar-refractivity contribution in [1.29, 1.82) is 0 Å². The second-order valence-electron chi connectivity index (χ2n) is 8.05. The number of carbonyl (C=O) groups excluding carboxylic acids is 1. The van der Waals surface area contributed by atoms with E-state index in [1.807, 2.05) is 29.2 Å². The van der Waals surface area contributed by atoms with E-state index in [9.17, 15) is 4.79 Å². The van der Waals surface area contributed by atoms with Gasteiger partial charge in [0.2, 0.25) is 11.7 Å². The molecule has 0 bridgehead atoms. The first-order valence-corrected chi connectivity index (χ1v) is 11.2. The molecule has 2 aliphatic heterocycles. The molecule has 2 fully saturated rings. The minimum atomic E-state index is -0.0288. The van der Waals surface area contributed by atoms with E-state index in [1.165, 1.54) is 12.8 Å². The molecule has 2 aliphatic rings. The van der Waals surface area contributed by atoms with Gasteiger partial charge in [0.1, 0.15) is 0 Å². The molecule has 2 aromatic rings. The standard InChI is InChI=1S/C24H31N5O4/c1-31-19-16-18(17-20(32-2)24(19)33-3)6-9-23(30)29-14-12-28(13-15-29)22-8-7-21(25-26-22)27-10-4-5-11-27/h6-9,16-17H,4-5,10-15H2,1-3H3/b9-6+. The fraction of sp³-hybridized carbons (Fsp3) is 0.458. The summed E-state index contributed by atoms with van der Waals surface area (Å²) in [5.74, 6) is 3.40. The number of carbonyl (C=O) groups is 1. The van der Waals surface area contributed by atoms with Crippen LogP contribution in [-0.4, -0.2) is 81.6 Å². The van der Waals surface area contributed by atoms with Crippen LogP contribution in [0.3, 0.4) is 0 Å². The van der Waals surface area contributed by atoms with Gasteiger partial charge in [0.05, 0.1) is 21.3 Å². The zero-order valence-corrected chi connectivity index (χ0v) is 19.5. The van der Waals surface area contributed by atoms with Crippen molar-refractivity contribution in [3.05, 3.63) is 35.9 Å². The molecule has 0 unspecified atom stereocenters. The van der Waals surface area contributed by atoms with E-state index in [2.05, 4.69) is 20.0 Å². The van der Waals surface area contributed by atoms with Crippen molar-refractivity contribution in [2.24, 2.45) is 0 Å². The number of amides is 1. The number of hydrogen-bond donors (Lipinski definition) is 0. The monoisotopic (exact) mass is 453 g/mol. The fourth-order valence-corrected chi connectivity index (χ4v) is 4.23. The van der Waals surface area contributed by atoms with Gasteiger partial charge >= 0.3 is 0 Å². The largest absolute Gasteiger partial charge is 0.493 e. The minimum Gasteiger partial charge on any atom is -0.493 e. The van der Waals surface area contributed by atoms with E-state index in [1.54, 1.807) is 33.5 Å². The number of ether oxygens (including phenoxy) is 3. The van der Waals surface area contributed by atoms with Crippen LogP contribution in [0.2, 0.25) is 0 Å². The van der Waals surface area contributed by atoms with Crippen LogP contribution in [0.25, 0.3) is 6.08 Å². The van der Waals surface area contributed by atoms with Gasteiger partial charge < -0.3 is 28.9 Å². The Morgan fingerprint density at radius 2 is 1.36 bits per heavy atom. The third kappa shape index (κ3) is 5.13. The topological polar surface area (TPSA) is 80.3 Å². The van der Waals surface area contributed by atoms with E-state index in [0.29, 0.717) is 30.3 Å². The summed E-state index contributed by atoms with van der Waals surface area (Å²) >= 11 is 0. The zero-order valence-electron chi connectivity index (χ0n) is 19.5. The molecule has 0 saturated carbocycles. The van der Waals surface area contributed by atoms with Gasteiger partial charge in [-0.3, -0.25) is 4.79 Å². The maximum Gasteiger partial charge on any atom is 0.246 e. The highest BCUT2D eigenvalue weighted by atomic mass is 16.5. The maximum absolute atomic E-state index is 12.7. The normalized spacial score (nSPS) is 16.4. The summed E-state index contributed by atoms with van der Waals surface area (Å²) in [5, 5.41) is 8.83. The molecule has 33 heavy (non-hydrogen) atoms. The highest BCUT2D eigenvalue weighted by Crippen LogP contribution is 2.38. The lowest BCUT2D eigenvalue weighted by atomic mass is 10.1. The van der Waals surface area contributed by atoms with Crippen molar-refractivity contribution in [3.8, 4) is 17.2 Å². The molecule has 9 nitrogen and oxygen atoms in total. The number of nitrogens with zero attached hydrogens (tertiary/aromatic N) is 5. The molecular formula is C24H31N5O4. The van der Waals surface area contributed by atoms with Crippen molar-refractivity contribution >= 4 is 23.6 Å². The second kappa shape index (κ2) is 10.4. The average molecular weight is 454 g/mol. The molecule has 176 valence electrons. The third-order valence-corrected chi connectivity index (χ3v) is 6.09. The molecule has 9 heteroatoms. The molecule has 1 aromatic carbocycles. The van der Waals surface area contributed by atoms with Crippen molar-refractivity contribution in [3.63, 3.8) is 0 Å². The summed E-state index contributed by atoms with van der Waals surface area (Å²) in [5.41, 5.74) is 0.796. The second-order valence-corrected chi connectivity index (χ2v) is 8.05. The smallest absolute Gasteiger partial charge is 0.246 e. The van der Waals surface area contributed by atoms with E-state index in [-0.39, 0.29) is 5.91 Å². The van der Waals surface area contributed by atoms with Crippen molar-refractivity contribution < 1.29 is 19.0 Å². The summed E-state index contributed by atoms with van der Waals surface area (Å²) in [6.45, 7) is 4.82. The number of benzene rings is 1. The van der Waals surface area contributed by atoms with Crippen LogP contribution in [0.4, 0.5) is 11.6 Å². The van der Waals surface area contributed by atoms with Gasteiger partial charge in [0, 0.05) is 45.3 Å². The Labute approximate surface area is 194 Å². The summed E-state index contributed by atoms with van der Waals surface area (Å²) in [4.78, 5) is 19.0. The zero-order chi connectivity index (χ0) is 23.2. The highest BCUT2D eigenvalue weighted by molar-refractivity contribution is 5.92. The lowest BCUT2D eigenvalue weighted by Crippen LogP contribution is -2.48. The maximum atomic E-state index is 12.7. The number of aromatic nitrogens is 2. The molecule has 1 aromatic heterocycles. The Balaban J connectivity index is 1.34. The molecule has 0 aliphatic carbocycles. The van der Waals surface area contributed by atoms with Crippen LogP contribution >= 0.6 is 0 Å². The van der Waals surface area contributed by atoms with E-state index < -0.39 is 0 Å². The molecular weight excluding hydrogens is 422 g/mol. The Hall–Kier alpha value is -3.49. The van der Waals surface area contributed by atoms with Crippen LogP contribution in [0.1, 0.15) is 18.4 Å². The van der Waals surface area contributed by atoms with Crippen molar-refractivity contribution in [2.45, 2.75) is 12.8 Å². The fourth-order valence-electron chi connectivity index (χ4n) is 4.23. The SMILES string of the molecule is COc1cc(/C=C/C(=O)N2CCN(c3ccc(N4CCCC4)nn3)CC2)cc(OC)c1OC. The predicted molar refractivity (Wildman–Crippen MR) is 127 cm³/mol.